The van der Waals surface area contributed by atoms with E-state index in [4.69, 9.17) is 14.2 Å². The van der Waals surface area contributed by atoms with E-state index in [0.717, 1.165) is 17.7 Å². The quantitative estimate of drug-likeness (QED) is 0.711. The molecule has 0 heterocycles. The van der Waals surface area contributed by atoms with Crippen molar-refractivity contribution < 1.29 is 19.0 Å². The first-order valence-corrected chi connectivity index (χ1v) is 8.35. The number of nitrogens with one attached hydrogen (secondary N) is 1. The molecule has 5 nitrogen and oxygen atoms in total. The standard InChI is InChI=1S/C20H25NO4/c1-4-15-6-5-7-17(12-15)25-11-10-21-20(22)14-16-8-9-18(23-2)19(13-16)24-3/h5-9,12-13H,4,10-11,14H2,1-3H3,(H,21,22). The molecule has 0 bridgehead atoms. The van der Waals surface area contributed by atoms with E-state index in [1.165, 1.54) is 5.56 Å². The number of hydrogen-bond acceptors (Lipinski definition) is 4. The van der Waals surface area contributed by atoms with Crippen LogP contribution in [-0.2, 0) is 17.6 Å². The fraction of sp³-hybridized carbons (Fsp3) is 0.350. The summed E-state index contributed by atoms with van der Waals surface area (Å²) >= 11 is 0. The molecule has 1 amide bonds. The summed E-state index contributed by atoms with van der Waals surface area (Å²) in [5, 5.41) is 2.86. The molecule has 5 heteroatoms. The van der Waals surface area contributed by atoms with Gasteiger partial charge in [0.1, 0.15) is 12.4 Å². The second kappa shape index (κ2) is 9.57. The molecular formula is C20H25NO4. The Morgan fingerprint density at radius 1 is 1.00 bits per heavy atom. The van der Waals surface area contributed by atoms with Gasteiger partial charge in [-0.1, -0.05) is 25.1 Å². The molecule has 25 heavy (non-hydrogen) atoms. The zero-order valence-electron chi connectivity index (χ0n) is 15.0. The Labute approximate surface area is 148 Å². The Morgan fingerprint density at radius 3 is 2.52 bits per heavy atom. The molecule has 0 aromatic heterocycles. The summed E-state index contributed by atoms with van der Waals surface area (Å²) in [6, 6.07) is 13.4. The first-order chi connectivity index (χ1) is 12.2. The van der Waals surface area contributed by atoms with Gasteiger partial charge in [-0.15, -0.1) is 0 Å². The van der Waals surface area contributed by atoms with E-state index < -0.39 is 0 Å². The van der Waals surface area contributed by atoms with E-state index in [1.807, 2.05) is 30.3 Å². The smallest absolute Gasteiger partial charge is 0.224 e. The van der Waals surface area contributed by atoms with Crippen molar-refractivity contribution in [1.82, 2.24) is 5.32 Å². The van der Waals surface area contributed by atoms with Crippen LogP contribution in [0.4, 0.5) is 0 Å². The maximum Gasteiger partial charge on any atom is 0.224 e. The van der Waals surface area contributed by atoms with E-state index in [-0.39, 0.29) is 12.3 Å². The lowest BCUT2D eigenvalue weighted by molar-refractivity contribution is -0.120. The molecule has 0 saturated heterocycles. The lowest BCUT2D eigenvalue weighted by Crippen LogP contribution is -2.29. The van der Waals surface area contributed by atoms with Crippen molar-refractivity contribution in [2.45, 2.75) is 19.8 Å². The van der Waals surface area contributed by atoms with Gasteiger partial charge in [-0.05, 0) is 41.8 Å². The van der Waals surface area contributed by atoms with Crippen molar-refractivity contribution >= 4 is 5.91 Å². The van der Waals surface area contributed by atoms with Crippen molar-refractivity contribution in [2.24, 2.45) is 0 Å². The third kappa shape index (κ3) is 5.71. The highest BCUT2D eigenvalue weighted by molar-refractivity contribution is 5.78. The fourth-order valence-corrected chi connectivity index (χ4v) is 2.45. The Bertz CT molecular complexity index is 700. The molecule has 1 N–H and O–H groups in total. The molecule has 2 aromatic rings. The molecule has 0 saturated carbocycles. The Balaban J connectivity index is 1.77. The van der Waals surface area contributed by atoms with Gasteiger partial charge in [-0.25, -0.2) is 0 Å². The molecule has 2 aromatic carbocycles. The number of benzene rings is 2. The normalized spacial score (nSPS) is 10.2. The Hall–Kier alpha value is -2.69. The number of carbonyl (C=O) groups excluding carboxylic acids is 1. The summed E-state index contributed by atoms with van der Waals surface area (Å²) in [4.78, 5) is 12.0. The summed E-state index contributed by atoms with van der Waals surface area (Å²) in [6.07, 6.45) is 1.25. The molecule has 0 radical (unpaired) electrons. The number of carbonyl (C=O) groups is 1. The van der Waals surface area contributed by atoms with Crippen LogP contribution in [0.15, 0.2) is 42.5 Å². The first kappa shape index (κ1) is 18.6. The molecular weight excluding hydrogens is 318 g/mol. The SMILES string of the molecule is CCc1cccc(OCCNC(=O)Cc2ccc(OC)c(OC)c2)c1. The fourth-order valence-electron chi connectivity index (χ4n) is 2.45. The molecule has 0 unspecified atom stereocenters. The lowest BCUT2D eigenvalue weighted by atomic mass is 10.1. The average molecular weight is 343 g/mol. The van der Waals surface area contributed by atoms with E-state index >= 15 is 0 Å². The van der Waals surface area contributed by atoms with Gasteiger partial charge in [-0.2, -0.15) is 0 Å². The van der Waals surface area contributed by atoms with Crippen LogP contribution in [-0.4, -0.2) is 33.3 Å². The van der Waals surface area contributed by atoms with E-state index in [9.17, 15) is 4.79 Å². The van der Waals surface area contributed by atoms with Gasteiger partial charge in [0.25, 0.3) is 0 Å². The molecule has 0 atom stereocenters. The van der Waals surface area contributed by atoms with Crippen LogP contribution in [0.3, 0.4) is 0 Å². The number of rotatable bonds is 9. The molecule has 0 spiro atoms. The molecule has 134 valence electrons. The van der Waals surface area contributed by atoms with Gasteiger partial charge in [0, 0.05) is 0 Å². The largest absolute Gasteiger partial charge is 0.493 e. The molecule has 0 aliphatic rings. The Kier molecular flexibility index (Phi) is 7.14. The second-order valence-corrected chi connectivity index (χ2v) is 5.57. The third-order valence-electron chi connectivity index (χ3n) is 3.81. The molecule has 0 aliphatic heterocycles. The number of ether oxygens (including phenoxy) is 3. The minimum atomic E-state index is -0.0573. The predicted molar refractivity (Wildman–Crippen MR) is 97.6 cm³/mol. The van der Waals surface area contributed by atoms with Gasteiger partial charge in [-0.3, -0.25) is 4.79 Å². The van der Waals surface area contributed by atoms with E-state index in [0.29, 0.717) is 24.7 Å². The van der Waals surface area contributed by atoms with E-state index in [2.05, 4.69) is 18.3 Å². The monoisotopic (exact) mass is 343 g/mol. The van der Waals surface area contributed by atoms with Crippen molar-refractivity contribution in [1.29, 1.82) is 0 Å². The summed E-state index contributed by atoms with van der Waals surface area (Å²) in [6.45, 7) is 3.00. The summed E-state index contributed by atoms with van der Waals surface area (Å²) in [5.41, 5.74) is 2.10. The van der Waals surface area contributed by atoms with Gasteiger partial charge >= 0.3 is 0 Å². The minimum absolute atomic E-state index is 0.0573. The first-order valence-electron chi connectivity index (χ1n) is 8.35. The Morgan fingerprint density at radius 2 is 1.80 bits per heavy atom. The van der Waals surface area contributed by atoms with Crippen LogP contribution >= 0.6 is 0 Å². The number of amides is 1. The molecule has 0 fully saturated rings. The van der Waals surface area contributed by atoms with Crippen LogP contribution in [0.5, 0.6) is 17.2 Å². The second-order valence-electron chi connectivity index (χ2n) is 5.57. The van der Waals surface area contributed by atoms with Gasteiger partial charge in [0.05, 0.1) is 27.2 Å². The number of aryl methyl sites for hydroxylation is 1. The highest BCUT2D eigenvalue weighted by atomic mass is 16.5. The van der Waals surface area contributed by atoms with Crippen molar-refractivity contribution in [3.63, 3.8) is 0 Å². The minimum Gasteiger partial charge on any atom is -0.493 e. The predicted octanol–water partition coefficient (Wildman–Crippen LogP) is 3.00. The summed E-state index contributed by atoms with van der Waals surface area (Å²) < 4.78 is 16.1. The van der Waals surface area contributed by atoms with E-state index in [1.54, 1.807) is 20.3 Å². The maximum atomic E-state index is 12.0. The van der Waals surface area contributed by atoms with Crippen LogP contribution in [0.1, 0.15) is 18.1 Å². The zero-order chi connectivity index (χ0) is 18.1. The summed E-state index contributed by atoms with van der Waals surface area (Å²) in [5.74, 6) is 2.04. The summed E-state index contributed by atoms with van der Waals surface area (Å²) in [7, 11) is 3.16. The highest BCUT2D eigenvalue weighted by Gasteiger charge is 2.08. The van der Waals surface area contributed by atoms with Crippen LogP contribution in [0, 0.1) is 0 Å². The van der Waals surface area contributed by atoms with Crippen LogP contribution in [0.2, 0.25) is 0 Å². The number of methoxy groups -OCH3 is 2. The molecule has 0 aliphatic carbocycles. The number of hydrogen-bond donors (Lipinski definition) is 1. The third-order valence-corrected chi connectivity index (χ3v) is 3.81. The zero-order valence-corrected chi connectivity index (χ0v) is 15.0. The molecule has 2 rings (SSSR count). The van der Waals surface area contributed by atoms with Crippen LogP contribution < -0.4 is 19.5 Å². The van der Waals surface area contributed by atoms with Crippen molar-refractivity contribution in [3.8, 4) is 17.2 Å². The lowest BCUT2D eigenvalue weighted by Gasteiger charge is -2.10. The topological polar surface area (TPSA) is 56.8 Å². The van der Waals surface area contributed by atoms with Crippen molar-refractivity contribution in [2.75, 3.05) is 27.4 Å². The van der Waals surface area contributed by atoms with Gasteiger partial charge in [0.15, 0.2) is 11.5 Å². The van der Waals surface area contributed by atoms with Crippen LogP contribution in [0.25, 0.3) is 0 Å². The highest BCUT2D eigenvalue weighted by Crippen LogP contribution is 2.27. The van der Waals surface area contributed by atoms with Gasteiger partial charge in [0.2, 0.25) is 5.91 Å². The van der Waals surface area contributed by atoms with Crippen molar-refractivity contribution in [3.05, 3.63) is 53.6 Å². The average Bonchev–Trinajstić information content (AvgIpc) is 2.65. The van der Waals surface area contributed by atoms with Gasteiger partial charge < -0.3 is 19.5 Å². The maximum absolute atomic E-state index is 12.0.